The van der Waals surface area contributed by atoms with Gasteiger partial charge in [0.25, 0.3) is 17.4 Å². The van der Waals surface area contributed by atoms with Crippen molar-refractivity contribution in [2.45, 2.75) is 45.3 Å². The van der Waals surface area contributed by atoms with Gasteiger partial charge in [-0.05, 0) is 58.8 Å². The fourth-order valence-electron chi connectivity index (χ4n) is 8.42. The van der Waals surface area contributed by atoms with Crippen molar-refractivity contribution in [1.82, 2.24) is 43.7 Å². The van der Waals surface area contributed by atoms with Crippen LogP contribution in [0, 0.1) is 34.5 Å². The van der Waals surface area contributed by atoms with Crippen LogP contribution < -0.4 is 37.5 Å². The van der Waals surface area contributed by atoms with Crippen LogP contribution in [0.25, 0.3) is 22.2 Å². The number of anilines is 4. The minimum absolute atomic E-state index is 0.0669. The smallest absolute Gasteiger partial charge is 0.321 e. The zero-order valence-electron chi connectivity index (χ0n) is 36.0. The molecule has 2 amide bonds. The molecule has 342 valence electrons. The number of alkyl halides is 2. The SMILES string of the molecule is CC[C@H]1CN(c2ncc(C#N)cn2)C[C@H]1Nc1c(C(N)=O)cnn2cc(-c3ccc(=O)n(C(F)F)c3)cc12.CC[C@H]1CN(c2ncc(C#N)cn2)C[C@H]1Nc1c(C(N)=O)cnn2cc(Br)cc12. The number of hydrogen-bond acceptors (Lipinski definition) is 15. The predicted octanol–water partition coefficient (Wildman–Crippen LogP) is 4.83. The average molecular weight is 975 g/mol. The molecule has 2 saturated heterocycles. The van der Waals surface area contributed by atoms with Gasteiger partial charge < -0.3 is 31.9 Å². The normalized spacial score (nSPS) is 17.9. The number of fused-ring (bicyclic) bond motifs is 2. The topological polar surface area (TPSA) is 272 Å². The molecule has 9 heterocycles. The van der Waals surface area contributed by atoms with Crippen LogP contribution in [0.2, 0.25) is 0 Å². The van der Waals surface area contributed by atoms with Crippen LogP contribution in [0.15, 0.2) is 89.3 Å². The third-order valence-electron chi connectivity index (χ3n) is 11.9. The second-order valence-electron chi connectivity index (χ2n) is 16.0. The molecule has 0 radical (unpaired) electrons. The summed E-state index contributed by atoms with van der Waals surface area (Å²) in [5.41, 5.74) is 15.1. The van der Waals surface area contributed by atoms with Gasteiger partial charge in [-0.25, -0.2) is 29.0 Å². The fourth-order valence-corrected chi connectivity index (χ4v) is 8.83. The summed E-state index contributed by atoms with van der Waals surface area (Å²) in [4.78, 5) is 57.4. The second-order valence-corrected chi connectivity index (χ2v) is 16.9. The van der Waals surface area contributed by atoms with Crippen LogP contribution in [0.4, 0.5) is 32.1 Å². The Morgan fingerprint density at radius 1 is 0.731 bits per heavy atom. The molecule has 2 aliphatic heterocycles. The first kappa shape index (κ1) is 45.5. The Hall–Kier alpha value is -8.05. The van der Waals surface area contributed by atoms with Gasteiger partial charge in [-0.15, -0.1) is 0 Å². The number of nitriles is 2. The summed E-state index contributed by atoms with van der Waals surface area (Å²) in [6.07, 6.45) is 15.2. The van der Waals surface area contributed by atoms with Gasteiger partial charge in [-0.2, -0.15) is 29.5 Å². The Bertz CT molecular complexity index is 3130. The molecule has 6 N–H and O–H groups in total. The van der Waals surface area contributed by atoms with Crippen molar-refractivity contribution in [2.75, 3.05) is 46.6 Å². The number of rotatable bonds is 12. The molecule has 0 aromatic carbocycles. The first-order valence-corrected chi connectivity index (χ1v) is 21.8. The number of nitrogens with one attached hydrogen (secondary N) is 2. The molecule has 67 heavy (non-hydrogen) atoms. The molecule has 2 fully saturated rings. The summed E-state index contributed by atoms with van der Waals surface area (Å²) in [5.74, 6) is 0.384. The molecule has 0 unspecified atom stereocenters. The number of amides is 2. The van der Waals surface area contributed by atoms with E-state index < -0.39 is 23.9 Å². The first-order valence-electron chi connectivity index (χ1n) is 21.0. The lowest BCUT2D eigenvalue weighted by molar-refractivity contribution is 0.0665. The highest BCUT2D eigenvalue weighted by atomic mass is 79.9. The van der Waals surface area contributed by atoms with Gasteiger partial charge in [-0.3, -0.25) is 19.0 Å². The number of hydrogen-bond donors (Lipinski definition) is 4. The minimum atomic E-state index is -2.98. The van der Waals surface area contributed by atoms with Crippen LogP contribution in [-0.4, -0.2) is 93.8 Å². The maximum atomic E-state index is 13.3. The van der Waals surface area contributed by atoms with Crippen molar-refractivity contribution in [3.63, 3.8) is 0 Å². The Kier molecular flexibility index (Phi) is 13.0. The first-order chi connectivity index (χ1) is 32.3. The summed E-state index contributed by atoms with van der Waals surface area (Å²) in [6, 6.07) is 10.1. The Balaban J connectivity index is 0.000000188. The molecule has 20 nitrogen and oxygen atoms in total. The zero-order chi connectivity index (χ0) is 47.5. The van der Waals surface area contributed by atoms with Crippen molar-refractivity contribution in [2.24, 2.45) is 23.3 Å². The van der Waals surface area contributed by atoms with Gasteiger partial charge in [-0.1, -0.05) is 13.8 Å². The third-order valence-corrected chi connectivity index (χ3v) is 12.4. The molecule has 7 aromatic heterocycles. The van der Waals surface area contributed by atoms with Crippen LogP contribution in [0.5, 0.6) is 0 Å². The average Bonchev–Trinajstić information content (AvgIpc) is 4.14. The number of aromatic nitrogens is 9. The summed E-state index contributed by atoms with van der Waals surface area (Å²) in [5, 5.41) is 33.5. The summed E-state index contributed by atoms with van der Waals surface area (Å²) < 4.78 is 31.0. The van der Waals surface area contributed by atoms with E-state index in [-0.39, 0.29) is 23.6 Å². The molecular formula is C44H42BrF2N17O3. The fraction of sp³-hybridized carbons (Fsp3) is 0.295. The maximum Gasteiger partial charge on any atom is 0.321 e. The highest BCUT2D eigenvalue weighted by molar-refractivity contribution is 9.10. The van der Waals surface area contributed by atoms with Crippen LogP contribution in [-0.2, 0) is 0 Å². The Labute approximate surface area is 389 Å². The number of carbonyl (C=O) groups is 2. The quantitative estimate of drug-likeness (QED) is 0.128. The van der Waals surface area contributed by atoms with E-state index in [4.69, 9.17) is 22.0 Å². The van der Waals surface area contributed by atoms with E-state index in [1.54, 1.807) is 16.8 Å². The van der Waals surface area contributed by atoms with E-state index >= 15 is 0 Å². The van der Waals surface area contributed by atoms with Crippen LogP contribution >= 0.6 is 15.9 Å². The van der Waals surface area contributed by atoms with Crippen LogP contribution in [0.3, 0.4) is 0 Å². The number of halogens is 3. The maximum absolute atomic E-state index is 13.3. The summed E-state index contributed by atoms with van der Waals surface area (Å²) in [7, 11) is 0. The van der Waals surface area contributed by atoms with E-state index in [2.05, 4.69) is 75.4 Å². The lowest BCUT2D eigenvalue weighted by Crippen LogP contribution is -2.31. The van der Waals surface area contributed by atoms with Gasteiger partial charge in [0.15, 0.2) is 0 Å². The number of nitrogens with two attached hydrogens (primary N) is 2. The predicted molar refractivity (Wildman–Crippen MR) is 246 cm³/mol. The lowest BCUT2D eigenvalue weighted by Gasteiger charge is -2.21. The van der Waals surface area contributed by atoms with E-state index in [1.807, 2.05) is 29.3 Å². The summed E-state index contributed by atoms with van der Waals surface area (Å²) in [6.45, 7) is 3.85. The molecular weight excluding hydrogens is 932 g/mol. The number of carbonyl (C=O) groups excluding carboxylic acids is 2. The molecule has 0 saturated carbocycles. The molecule has 0 aliphatic carbocycles. The van der Waals surface area contributed by atoms with Crippen LogP contribution in [0.1, 0.15) is 65.1 Å². The molecule has 7 aromatic rings. The number of pyridine rings is 1. The minimum Gasteiger partial charge on any atom is -0.378 e. The van der Waals surface area contributed by atoms with Gasteiger partial charge in [0.1, 0.15) is 12.1 Å². The molecule has 2 aliphatic rings. The standard InChI is InChI=1S/C25H23F2N9O2.C19H19BrN8O/c1-2-15-10-34(25-30-7-14(6-28)8-31-25)13-19(15)33-22-18(23(29)38)9-32-36-12-17(5-20(22)36)16-3-4-21(37)35(11-16)24(26)27;1-2-12-8-27(19-23-5-11(4-21)6-24-19)10-15(12)26-17-14(18(22)29)7-25-28-9-13(20)3-16(17)28/h3-5,7-9,11-12,15,19,24,33H,2,10,13H2,1H3,(H2,29,38);3,5-7,9,12,15,26H,2,8,10H2,1H3,(H2,22,29)/t15-,19+;12-,15+/m00/s1. The highest BCUT2D eigenvalue weighted by Gasteiger charge is 2.36. The van der Waals surface area contributed by atoms with E-state index in [0.717, 1.165) is 41.6 Å². The Morgan fingerprint density at radius 2 is 1.21 bits per heavy atom. The Morgan fingerprint density at radius 3 is 1.66 bits per heavy atom. The van der Waals surface area contributed by atoms with Gasteiger partial charge in [0, 0.05) is 78.5 Å². The number of nitrogens with zero attached hydrogens (tertiary/aromatic N) is 13. The van der Waals surface area contributed by atoms with E-state index in [9.17, 15) is 23.2 Å². The molecule has 23 heteroatoms. The number of primary amides is 2. The van der Waals surface area contributed by atoms with Crippen molar-refractivity contribution in [3.8, 4) is 23.3 Å². The molecule has 0 spiro atoms. The lowest BCUT2D eigenvalue weighted by atomic mass is 10.00. The monoisotopic (exact) mass is 973 g/mol. The molecule has 0 bridgehead atoms. The second kappa shape index (κ2) is 19.2. The largest absolute Gasteiger partial charge is 0.378 e. The van der Waals surface area contributed by atoms with Crippen molar-refractivity contribution in [1.29, 1.82) is 10.5 Å². The van der Waals surface area contributed by atoms with E-state index in [0.29, 0.717) is 86.7 Å². The van der Waals surface area contributed by atoms with Crippen molar-refractivity contribution in [3.05, 3.63) is 117 Å². The van der Waals surface area contributed by atoms with Gasteiger partial charge in [0.2, 0.25) is 11.9 Å². The van der Waals surface area contributed by atoms with Crippen molar-refractivity contribution < 1.29 is 18.4 Å². The van der Waals surface area contributed by atoms with Crippen molar-refractivity contribution >= 4 is 62.0 Å². The molecule has 4 atom stereocenters. The molecule has 9 rings (SSSR count). The zero-order valence-corrected chi connectivity index (χ0v) is 37.5. The van der Waals surface area contributed by atoms with E-state index in [1.165, 1.54) is 47.8 Å². The third kappa shape index (κ3) is 9.40. The highest BCUT2D eigenvalue weighted by Crippen LogP contribution is 2.34. The van der Waals surface area contributed by atoms with Gasteiger partial charge >= 0.3 is 6.55 Å². The van der Waals surface area contributed by atoms with Gasteiger partial charge in [0.05, 0.1) is 81.8 Å². The summed E-state index contributed by atoms with van der Waals surface area (Å²) >= 11 is 3.46.